The summed E-state index contributed by atoms with van der Waals surface area (Å²) in [6.45, 7) is 7.90. The van der Waals surface area contributed by atoms with E-state index in [1.807, 2.05) is 0 Å². The minimum Gasteiger partial charge on any atom is -0.378 e. The highest BCUT2D eigenvalue weighted by atomic mass is 16.5. The molecule has 0 spiro atoms. The Morgan fingerprint density at radius 2 is 2.17 bits per heavy atom. The van der Waals surface area contributed by atoms with Gasteiger partial charge in [0.05, 0.1) is 18.9 Å². The largest absolute Gasteiger partial charge is 0.378 e. The lowest BCUT2D eigenvalue weighted by molar-refractivity contribution is 0.122. The summed E-state index contributed by atoms with van der Waals surface area (Å²) in [4.78, 5) is 7.24. The third kappa shape index (κ3) is 2.35. The van der Waals surface area contributed by atoms with Gasteiger partial charge in [-0.25, -0.2) is 4.98 Å². The van der Waals surface area contributed by atoms with Crippen LogP contribution in [0.2, 0.25) is 0 Å². The van der Waals surface area contributed by atoms with Gasteiger partial charge >= 0.3 is 0 Å². The van der Waals surface area contributed by atoms with Crippen molar-refractivity contribution < 1.29 is 4.74 Å². The zero-order chi connectivity index (χ0) is 12.4. The van der Waals surface area contributed by atoms with Gasteiger partial charge in [-0.2, -0.15) is 0 Å². The number of aromatic nitrogens is 1. The third-order valence-electron chi connectivity index (χ3n) is 3.82. The van der Waals surface area contributed by atoms with Crippen molar-refractivity contribution in [1.29, 1.82) is 0 Å². The van der Waals surface area contributed by atoms with Crippen LogP contribution in [0.25, 0.3) is 0 Å². The highest BCUT2D eigenvalue weighted by molar-refractivity contribution is 5.43. The topological polar surface area (TPSA) is 37.4 Å². The molecule has 2 aliphatic heterocycles. The van der Waals surface area contributed by atoms with E-state index >= 15 is 0 Å². The lowest BCUT2D eigenvalue weighted by Gasteiger charge is -2.28. The molecule has 0 aliphatic carbocycles. The van der Waals surface area contributed by atoms with E-state index < -0.39 is 0 Å². The van der Waals surface area contributed by atoms with Crippen LogP contribution in [0.15, 0.2) is 12.1 Å². The summed E-state index contributed by atoms with van der Waals surface area (Å²) < 4.78 is 5.40. The molecular weight excluding hydrogens is 226 g/mol. The van der Waals surface area contributed by atoms with Gasteiger partial charge in [-0.15, -0.1) is 0 Å². The Hall–Kier alpha value is -1.13. The molecule has 98 valence electrons. The minimum atomic E-state index is 0.503. The number of hydrogen-bond donors (Lipinski definition) is 1. The van der Waals surface area contributed by atoms with Crippen LogP contribution < -0.4 is 10.2 Å². The summed E-state index contributed by atoms with van der Waals surface area (Å²) in [5.74, 6) is 1.62. The van der Waals surface area contributed by atoms with Gasteiger partial charge in [0, 0.05) is 25.6 Å². The Morgan fingerprint density at radius 1 is 1.33 bits per heavy atom. The second kappa shape index (κ2) is 5.24. The lowest BCUT2D eigenvalue weighted by Crippen LogP contribution is -2.37. The van der Waals surface area contributed by atoms with E-state index in [-0.39, 0.29) is 0 Å². The summed E-state index contributed by atoms with van der Waals surface area (Å²) in [6, 6.07) is 4.43. The summed E-state index contributed by atoms with van der Waals surface area (Å²) in [6.07, 6.45) is 1.09. The molecule has 2 aliphatic rings. The van der Waals surface area contributed by atoms with Gasteiger partial charge in [0.25, 0.3) is 0 Å². The fourth-order valence-electron chi connectivity index (χ4n) is 2.74. The average molecular weight is 247 g/mol. The number of ether oxygens (including phenoxy) is 1. The molecule has 1 fully saturated rings. The van der Waals surface area contributed by atoms with Crippen LogP contribution >= 0.6 is 0 Å². The SMILES string of the molecule is CC1CNCCc2ccc(N3CCOCC3)nc21. The van der Waals surface area contributed by atoms with E-state index in [0.29, 0.717) is 5.92 Å². The quantitative estimate of drug-likeness (QED) is 0.808. The molecule has 4 heteroatoms. The second-order valence-corrected chi connectivity index (χ2v) is 5.17. The van der Waals surface area contributed by atoms with Crippen LogP contribution in [0.5, 0.6) is 0 Å². The zero-order valence-corrected chi connectivity index (χ0v) is 11.0. The molecule has 1 aromatic heterocycles. The van der Waals surface area contributed by atoms with Gasteiger partial charge in [-0.1, -0.05) is 13.0 Å². The number of hydrogen-bond acceptors (Lipinski definition) is 4. The van der Waals surface area contributed by atoms with Crippen molar-refractivity contribution in [2.75, 3.05) is 44.3 Å². The molecule has 4 nitrogen and oxygen atoms in total. The number of pyridine rings is 1. The number of morpholine rings is 1. The molecule has 18 heavy (non-hydrogen) atoms. The monoisotopic (exact) mass is 247 g/mol. The maximum absolute atomic E-state index is 5.40. The van der Waals surface area contributed by atoms with Gasteiger partial charge in [-0.05, 0) is 24.6 Å². The van der Waals surface area contributed by atoms with Crippen molar-refractivity contribution in [3.05, 3.63) is 23.4 Å². The van der Waals surface area contributed by atoms with E-state index in [9.17, 15) is 0 Å². The predicted octanol–water partition coefficient (Wildman–Crippen LogP) is 1.17. The van der Waals surface area contributed by atoms with Crippen molar-refractivity contribution in [2.45, 2.75) is 19.3 Å². The van der Waals surface area contributed by atoms with Gasteiger partial charge in [0.2, 0.25) is 0 Å². The van der Waals surface area contributed by atoms with Crippen LogP contribution in [0.4, 0.5) is 5.82 Å². The van der Waals surface area contributed by atoms with Crippen LogP contribution in [0, 0.1) is 0 Å². The fourth-order valence-corrected chi connectivity index (χ4v) is 2.74. The van der Waals surface area contributed by atoms with Gasteiger partial charge < -0.3 is 15.0 Å². The normalized spacial score (nSPS) is 24.5. The zero-order valence-electron chi connectivity index (χ0n) is 11.0. The number of fused-ring (bicyclic) bond motifs is 1. The summed E-state index contributed by atoms with van der Waals surface area (Å²) >= 11 is 0. The number of anilines is 1. The Bertz CT molecular complexity index is 416. The molecule has 0 aromatic carbocycles. The summed E-state index contributed by atoms with van der Waals surface area (Å²) in [7, 11) is 0. The molecule has 1 aromatic rings. The Kier molecular flexibility index (Phi) is 3.48. The first kappa shape index (κ1) is 11.9. The van der Waals surface area contributed by atoms with Gasteiger partial charge in [-0.3, -0.25) is 0 Å². The van der Waals surface area contributed by atoms with Crippen LogP contribution in [0.3, 0.4) is 0 Å². The highest BCUT2D eigenvalue weighted by Gasteiger charge is 2.19. The molecule has 0 amide bonds. The van der Waals surface area contributed by atoms with Crippen molar-refractivity contribution in [3.63, 3.8) is 0 Å². The maximum atomic E-state index is 5.40. The molecule has 1 unspecified atom stereocenters. The van der Waals surface area contributed by atoms with Crippen molar-refractivity contribution in [1.82, 2.24) is 10.3 Å². The lowest BCUT2D eigenvalue weighted by atomic mass is 10.0. The predicted molar refractivity (Wildman–Crippen MR) is 72.3 cm³/mol. The molecular formula is C14H21N3O. The molecule has 3 rings (SSSR count). The molecule has 1 saturated heterocycles. The van der Waals surface area contributed by atoms with Crippen LogP contribution in [-0.2, 0) is 11.2 Å². The first-order valence-corrected chi connectivity index (χ1v) is 6.88. The second-order valence-electron chi connectivity index (χ2n) is 5.17. The standard InChI is InChI=1S/C14H21N3O/c1-11-10-15-5-4-12-2-3-13(16-14(11)12)17-6-8-18-9-7-17/h2-3,11,15H,4-10H2,1H3. The molecule has 1 atom stereocenters. The first-order valence-electron chi connectivity index (χ1n) is 6.88. The fraction of sp³-hybridized carbons (Fsp3) is 0.643. The van der Waals surface area contributed by atoms with E-state index in [0.717, 1.165) is 51.6 Å². The van der Waals surface area contributed by atoms with E-state index in [1.54, 1.807) is 0 Å². The molecule has 3 heterocycles. The van der Waals surface area contributed by atoms with Crippen LogP contribution in [0.1, 0.15) is 24.1 Å². The Morgan fingerprint density at radius 3 is 3.00 bits per heavy atom. The van der Waals surface area contributed by atoms with E-state index in [4.69, 9.17) is 9.72 Å². The van der Waals surface area contributed by atoms with Gasteiger partial charge in [0.1, 0.15) is 5.82 Å². The molecule has 0 radical (unpaired) electrons. The summed E-state index contributed by atoms with van der Waals surface area (Å²) in [5.41, 5.74) is 2.69. The van der Waals surface area contributed by atoms with Crippen molar-refractivity contribution >= 4 is 5.82 Å². The van der Waals surface area contributed by atoms with E-state index in [1.165, 1.54) is 11.3 Å². The highest BCUT2D eigenvalue weighted by Crippen LogP contribution is 2.24. The summed E-state index contributed by atoms with van der Waals surface area (Å²) in [5, 5.41) is 3.47. The van der Waals surface area contributed by atoms with Crippen LogP contribution in [-0.4, -0.2) is 44.4 Å². The number of nitrogens with one attached hydrogen (secondary N) is 1. The number of rotatable bonds is 1. The smallest absolute Gasteiger partial charge is 0.128 e. The number of nitrogens with zero attached hydrogens (tertiary/aromatic N) is 2. The first-order chi connectivity index (χ1) is 8.84. The Balaban J connectivity index is 1.88. The van der Waals surface area contributed by atoms with Crippen molar-refractivity contribution in [2.24, 2.45) is 0 Å². The average Bonchev–Trinajstić information content (AvgIpc) is 2.62. The van der Waals surface area contributed by atoms with E-state index in [2.05, 4.69) is 29.3 Å². The minimum absolute atomic E-state index is 0.503. The molecule has 0 saturated carbocycles. The molecule has 0 bridgehead atoms. The van der Waals surface area contributed by atoms with Crippen molar-refractivity contribution in [3.8, 4) is 0 Å². The third-order valence-corrected chi connectivity index (χ3v) is 3.82. The van der Waals surface area contributed by atoms with Gasteiger partial charge in [0.15, 0.2) is 0 Å². The molecule has 1 N–H and O–H groups in total. The maximum Gasteiger partial charge on any atom is 0.128 e. The Labute approximate surface area is 108 Å².